The molecule has 3 rings (SSSR count). The average molecular weight is 496 g/mol. The van der Waals surface area contributed by atoms with Gasteiger partial charge in [0.2, 0.25) is 10.0 Å². The molecule has 1 aliphatic heterocycles. The molecule has 10 heteroatoms. The van der Waals surface area contributed by atoms with Gasteiger partial charge < -0.3 is 9.84 Å². The lowest BCUT2D eigenvalue weighted by Crippen LogP contribution is -2.35. The van der Waals surface area contributed by atoms with Crippen molar-refractivity contribution in [3.8, 4) is 11.5 Å². The van der Waals surface area contributed by atoms with E-state index < -0.39 is 15.9 Å². The van der Waals surface area contributed by atoms with Crippen molar-refractivity contribution in [3.63, 3.8) is 0 Å². The standard InChI is InChI=1S/C20H22BrN3O5S/c1-29-18-11-14(10-17(21)19(18)25)13-22-23-20(26)15-6-5-7-16(12-15)30(27,28)24-8-3-2-4-9-24/h5-7,10-13,25H,2-4,8-9H2,1H3,(H,23,26). The highest BCUT2D eigenvalue weighted by atomic mass is 79.9. The lowest BCUT2D eigenvalue weighted by atomic mass is 10.2. The lowest BCUT2D eigenvalue weighted by Gasteiger charge is -2.25. The van der Waals surface area contributed by atoms with Crippen LogP contribution in [0.4, 0.5) is 0 Å². The number of methoxy groups -OCH3 is 1. The Labute approximate surface area is 183 Å². The molecule has 160 valence electrons. The van der Waals surface area contributed by atoms with Crippen molar-refractivity contribution in [3.05, 3.63) is 52.0 Å². The minimum absolute atomic E-state index is 0.0367. The number of phenols is 1. The molecule has 0 saturated carbocycles. The minimum Gasteiger partial charge on any atom is -0.503 e. The second-order valence-electron chi connectivity index (χ2n) is 6.75. The molecule has 0 atom stereocenters. The molecule has 2 N–H and O–H groups in total. The van der Waals surface area contributed by atoms with Crippen LogP contribution in [0.25, 0.3) is 0 Å². The van der Waals surface area contributed by atoms with E-state index in [0.717, 1.165) is 19.3 Å². The summed E-state index contributed by atoms with van der Waals surface area (Å²) in [6.07, 6.45) is 4.09. The molecule has 1 amide bonds. The number of benzene rings is 2. The first-order valence-corrected chi connectivity index (χ1v) is 11.6. The van der Waals surface area contributed by atoms with Crippen molar-refractivity contribution in [1.82, 2.24) is 9.73 Å². The Morgan fingerprint density at radius 3 is 2.67 bits per heavy atom. The third-order valence-corrected chi connectivity index (χ3v) is 7.20. The third kappa shape index (κ3) is 5.00. The molecule has 0 aliphatic carbocycles. The van der Waals surface area contributed by atoms with E-state index in [9.17, 15) is 18.3 Å². The highest BCUT2D eigenvalue weighted by Gasteiger charge is 2.26. The Morgan fingerprint density at radius 2 is 1.97 bits per heavy atom. The van der Waals surface area contributed by atoms with Gasteiger partial charge in [-0.05, 0) is 64.7 Å². The maximum absolute atomic E-state index is 12.8. The first-order valence-electron chi connectivity index (χ1n) is 9.33. The van der Waals surface area contributed by atoms with Crippen LogP contribution in [-0.4, -0.2) is 50.2 Å². The zero-order valence-electron chi connectivity index (χ0n) is 16.3. The summed E-state index contributed by atoms with van der Waals surface area (Å²) in [6, 6.07) is 9.08. The minimum atomic E-state index is -3.63. The number of sulfonamides is 1. The van der Waals surface area contributed by atoms with Gasteiger partial charge in [0.1, 0.15) is 0 Å². The Morgan fingerprint density at radius 1 is 1.23 bits per heavy atom. The number of nitrogens with zero attached hydrogens (tertiary/aromatic N) is 2. The van der Waals surface area contributed by atoms with E-state index in [-0.39, 0.29) is 22.0 Å². The quantitative estimate of drug-likeness (QED) is 0.472. The summed E-state index contributed by atoms with van der Waals surface area (Å²) in [5, 5.41) is 13.7. The molecule has 0 aromatic heterocycles. The smallest absolute Gasteiger partial charge is 0.271 e. The molecule has 2 aromatic carbocycles. The van der Waals surface area contributed by atoms with Gasteiger partial charge in [0.15, 0.2) is 11.5 Å². The van der Waals surface area contributed by atoms with Crippen molar-refractivity contribution < 1.29 is 23.1 Å². The Kier molecular flexibility index (Phi) is 7.11. The fourth-order valence-corrected chi connectivity index (χ4v) is 5.13. The summed E-state index contributed by atoms with van der Waals surface area (Å²) in [4.78, 5) is 12.5. The molecule has 30 heavy (non-hydrogen) atoms. The zero-order chi connectivity index (χ0) is 21.7. The molecular weight excluding hydrogens is 474 g/mol. The summed E-state index contributed by atoms with van der Waals surface area (Å²) >= 11 is 3.21. The van der Waals surface area contributed by atoms with E-state index in [2.05, 4.69) is 26.5 Å². The molecule has 0 spiro atoms. The van der Waals surface area contributed by atoms with Crippen LogP contribution in [0, 0.1) is 0 Å². The van der Waals surface area contributed by atoms with Gasteiger partial charge in [-0.3, -0.25) is 4.79 Å². The molecule has 1 saturated heterocycles. The van der Waals surface area contributed by atoms with Crippen molar-refractivity contribution in [2.75, 3.05) is 20.2 Å². The predicted octanol–water partition coefficient (Wildman–Crippen LogP) is 3.10. The fourth-order valence-electron chi connectivity index (χ4n) is 3.11. The number of hydrogen-bond donors (Lipinski definition) is 2. The van der Waals surface area contributed by atoms with Gasteiger partial charge >= 0.3 is 0 Å². The fraction of sp³-hybridized carbons (Fsp3) is 0.300. The number of amides is 1. The first-order chi connectivity index (χ1) is 14.3. The van der Waals surface area contributed by atoms with Crippen LogP contribution in [0.5, 0.6) is 11.5 Å². The molecule has 8 nitrogen and oxygen atoms in total. The topological polar surface area (TPSA) is 108 Å². The number of piperidine rings is 1. The van der Waals surface area contributed by atoms with E-state index in [0.29, 0.717) is 23.1 Å². The highest BCUT2D eigenvalue weighted by molar-refractivity contribution is 9.10. The van der Waals surface area contributed by atoms with E-state index in [1.807, 2.05) is 0 Å². The predicted molar refractivity (Wildman–Crippen MR) is 116 cm³/mol. The largest absolute Gasteiger partial charge is 0.503 e. The maximum Gasteiger partial charge on any atom is 0.271 e. The lowest BCUT2D eigenvalue weighted by molar-refractivity contribution is 0.0955. The van der Waals surface area contributed by atoms with Crippen molar-refractivity contribution in [2.45, 2.75) is 24.2 Å². The number of halogens is 1. The zero-order valence-corrected chi connectivity index (χ0v) is 18.7. The summed E-state index contributed by atoms with van der Waals surface area (Å²) in [5.74, 6) is -0.315. The number of phenolic OH excluding ortho intramolecular Hbond substituents is 1. The van der Waals surface area contributed by atoms with Gasteiger partial charge in [0.25, 0.3) is 5.91 Å². The van der Waals surface area contributed by atoms with E-state index in [1.165, 1.54) is 41.9 Å². The monoisotopic (exact) mass is 495 g/mol. The van der Waals surface area contributed by atoms with Crippen LogP contribution < -0.4 is 10.2 Å². The molecule has 0 unspecified atom stereocenters. The number of carbonyl (C=O) groups excluding carboxylic acids is 1. The number of hydrogen-bond acceptors (Lipinski definition) is 6. The second kappa shape index (κ2) is 9.59. The Bertz CT molecular complexity index is 1070. The number of ether oxygens (including phenoxy) is 1. The van der Waals surface area contributed by atoms with Crippen LogP contribution in [0.3, 0.4) is 0 Å². The van der Waals surface area contributed by atoms with Gasteiger partial charge in [-0.15, -0.1) is 0 Å². The van der Waals surface area contributed by atoms with Gasteiger partial charge in [0, 0.05) is 18.7 Å². The highest BCUT2D eigenvalue weighted by Crippen LogP contribution is 2.34. The Balaban J connectivity index is 1.73. The van der Waals surface area contributed by atoms with Crippen molar-refractivity contribution in [2.24, 2.45) is 5.10 Å². The maximum atomic E-state index is 12.8. The van der Waals surface area contributed by atoms with E-state index in [4.69, 9.17) is 4.74 Å². The molecule has 1 heterocycles. The summed E-state index contributed by atoms with van der Waals surface area (Å²) in [5.41, 5.74) is 3.15. The van der Waals surface area contributed by atoms with E-state index in [1.54, 1.807) is 12.1 Å². The van der Waals surface area contributed by atoms with Crippen molar-refractivity contribution >= 4 is 38.1 Å². The van der Waals surface area contributed by atoms with Gasteiger partial charge in [0.05, 0.1) is 22.7 Å². The van der Waals surface area contributed by atoms with Crippen LogP contribution in [0.1, 0.15) is 35.2 Å². The molecule has 2 aromatic rings. The SMILES string of the molecule is COc1cc(C=NNC(=O)c2cccc(S(=O)(=O)N3CCCCC3)c2)cc(Br)c1O. The number of nitrogens with one attached hydrogen (secondary N) is 1. The number of rotatable bonds is 6. The first kappa shape index (κ1) is 22.3. The molecule has 0 bridgehead atoms. The summed E-state index contributed by atoms with van der Waals surface area (Å²) in [6.45, 7) is 0.989. The molecule has 1 fully saturated rings. The molecular formula is C20H22BrN3O5S. The van der Waals surface area contributed by atoms with Crippen LogP contribution >= 0.6 is 15.9 Å². The van der Waals surface area contributed by atoms with Crippen LogP contribution in [0.2, 0.25) is 0 Å². The molecule has 1 aliphatic rings. The van der Waals surface area contributed by atoms with Gasteiger partial charge in [-0.25, -0.2) is 13.8 Å². The average Bonchev–Trinajstić information content (AvgIpc) is 2.76. The van der Waals surface area contributed by atoms with Gasteiger partial charge in [-0.2, -0.15) is 9.41 Å². The number of aromatic hydroxyl groups is 1. The number of hydrazone groups is 1. The van der Waals surface area contributed by atoms with E-state index >= 15 is 0 Å². The summed E-state index contributed by atoms with van der Waals surface area (Å²) < 4.78 is 32.6. The second-order valence-corrected chi connectivity index (χ2v) is 9.54. The van der Waals surface area contributed by atoms with Gasteiger partial charge in [-0.1, -0.05) is 12.5 Å². The Hall–Kier alpha value is -2.43. The van der Waals surface area contributed by atoms with Crippen LogP contribution in [0.15, 0.2) is 50.9 Å². The van der Waals surface area contributed by atoms with Crippen LogP contribution in [-0.2, 0) is 10.0 Å². The third-order valence-electron chi connectivity index (χ3n) is 4.70. The summed E-state index contributed by atoms with van der Waals surface area (Å²) in [7, 11) is -2.20. The molecule has 0 radical (unpaired) electrons. The van der Waals surface area contributed by atoms with Crippen molar-refractivity contribution in [1.29, 1.82) is 0 Å². The number of carbonyl (C=O) groups is 1. The normalized spacial score (nSPS) is 15.3.